The van der Waals surface area contributed by atoms with Crippen molar-refractivity contribution in [3.8, 4) is 0 Å². The van der Waals surface area contributed by atoms with E-state index in [1.807, 2.05) is 0 Å². The van der Waals surface area contributed by atoms with E-state index in [4.69, 9.17) is 10.5 Å². The molecular formula is C13H27N3O. The molecule has 0 aromatic carbocycles. The number of rotatable bonds is 5. The monoisotopic (exact) mass is 241 g/mol. The average molecular weight is 241 g/mol. The summed E-state index contributed by atoms with van der Waals surface area (Å²) in [4.78, 5) is 4.96. The van der Waals surface area contributed by atoms with Gasteiger partial charge in [-0.05, 0) is 39.4 Å². The molecule has 4 heteroatoms. The third kappa shape index (κ3) is 2.81. The molecule has 0 spiro atoms. The van der Waals surface area contributed by atoms with Gasteiger partial charge in [0, 0.05) is 31.8 Å². The van der Waals surface area contributed by atoms with Gasteiger partial charge in [-0.1, -0.05) is 6.92 Å². The minimum atomic E-state index is 0.190. The van der Waals surface area contributed by atoms with E-state index >= 15 is 0 Å². The molecule has 2 N–H and O–H groups in total. The van der Waals surface area contributed by atoms with E-state index in [-0.39, 0.29) is 5.54 Å². The Balaban J connectivity index is 1.99. The highest BCUT2D eigenvalue weighted by molar-refractivity contribution is 4.99. The second-order valence-corrected chi connectivity index (χ2v) is 5.59. The van der Waals surface area contributed by atoms with E-state index in [0.29, 0.717) is 6.10 Å². The fourth-order valence-electron chi connectivity index (χ4n) is 3.31. The van der Waals surface area contributed by atoms with Gasteiger partial charge in [-0.25, -0.2) is 0 Å². The second kappa shape index (κ2) is 5.65. The fourth-order valence-corrected chi connectivity index (χ4v) is 3.31. The molecule has 100 valence electrons. The Morgan fingerprint density at radius 1 is 1.53 bits per heavy atom. The first-order valence-electron chi connectivity index (χ1n) is 6.95. The van der Waals surface area contributed by atoms with Crippen molar-refractivity contribution in [2.24, 2.45) is 5.73 Å². The Kier molecular flexibility index (Phi) is 4.42. The van der Waals surface area contributed by atoms with Crippen LogP contribution in [-0.2, 0) is 4.74 Å². The zero-order valence-corrected chi connectivity index (χ0v) is 11.3. The zero-order valence-electron chi connectivity index (χ0n) is 11.3. The Labute approximate surface area is 105 Å². The molecule has 2 aliphatic heterocycles. The smallest absolute Gasteiger partial charge is 0.0703 e. The molecule has 2 saturated heterocycles. The number of hydrogen-bond acceptors (Lipinski definition) is 4. The van der Waals surface area contributed by atoms with Crippen LogP contribution in [0.5, 0.6) is 0 Å². The SMILES string of the molecule is CCN(CC1CCCO1)C1(CN)CCN(C)C1. The van der Waals surface area contributed by atoms with Crippen LogP contribution >= 0.6 is 0 Å². The highest BCUT2D eigenvalue weighted by atomic mass is 16.5. The molecule has 2 atom stereocenters. The van der Waals surface area contributed by atoms with Gasteiger partial charge in [-0.3, -0.25) is 4.90 Å². The molecule has 0 aromatic rings. The zero-order chi connectivity index (χ0) is 12.3. The van der Waals surface area contributed by atoms with Crippen LogP contribution in [0.3, 0.4) is 0 Å². The van der Waals surface area contributed by atoms with Crippen LogP contribution in [0.4, 0.5) is 0 Å². The van der Waals surface area contributed by atoms with Gasteiger partial charge in [0.05, 0.1) is 6.10 Å². The van der Waals surface area contributed by atoms with Crippen molar-refractivity contribution in [3.63, 3.8) is 0 Å². The summed E-state index contributed by atoms with van der Waals surface area (Å²) < 4.78 is 5.77. The molecule has 2 unspecified atom stereocenters. The number of nitrogens with zero attached hydrogens (tertiary/aromatic N) is 2. The van der Waals surface area contributed by atoms with Crippen LogP contribution in [0, 0.1) is 0 Å². The molecular weight excluding hydrogens is 214 g/mol. The van der Waals surface area contributed by atoms with Crippen LogP contribution < -0.4 is 5.73 Å². The highest BCUT2D eigenvalue weighted by Gasteiger charge is 2.41. The summed E-state index contributed by atoms with van der Waals surface area (Å²) in [6.07, 6.45) is 4.06. The highest BCUT2D eigenvalue weighted by Crippen LogP contribution is 2.28. The maximum Gasteiger partial charge on any atom is 0.0703 e. The van der Waals surface area contributed by atoms with Gasteiger partial charge >= 0.3 is 0 Å². The molecule has 17 heavy (non-hydrogen) atoms. The summed E-state index contributed by atoms with van der Waals surface area (Å²) in [7, 11) is 2.19. The van der Waals surface area contributed by atoms with Crippen molar-refractivity contribution in [2.45, 2.75) is 37.8 Å². The summed E-state index contributed by atoms with van der Waals surface area (Å²) in [5.41, 5.74) is 6.26. The molecule has 2 aliphatic rings. The largest absolute Gasteiger partial charge is 0.377 e. The maximum absolute atomic E-state index is 6.07. The van der Waals surface area contributed by atoms with E-state index in [2.05, 4.69) is 23.8 Å². The topological polar surface area (TPSA) is 41.7 Å². The molecule has 0 aliphatic carbocycles. The lowest BCUT2D eigenvalue weighted by molar-refractivity contribution is 0.0281. The van der Waals surface area contributed by atoms with Gasteiger partial charge in [0.2, 0.25) is 0 Å². The summed E-state index contributed by atoms with van der Waals surface area (Å²) in [6.45, 7) is 8.34. The van der Waals surface area contributed by atoms with Crippen molar-refractivity contribution in [3.05, 3.63) is 0 Å². The van der Waals surface area contributed by atoms with Crippen molar-refractivity contribution >= 4 is 0 Å². The third-order valence-electron chi connectivity index (χ3n) is 4.40. The van der Waals surface area contributed by atoms with Crippen LogP contribution in [0.25, 0.3) is 0 Å². The minimum absolute atomic E-state index is 0.190. The normalized spacial score (nSPS) is 34.9. The van der Waals surface area contributed by atoms with Crippen molar-refractivity contribution in [1.29, 1.82) is 0 Å². The molecule has 2 rings (SSSR count). The van der Waals surface area contributed by atoms with Gasteiger partial charge in [0.1, 0.15) is 0 Å². The summed E-state index contributed by atoms with van der Waals surface area (Å²) >= 11 is 0. The van der Waals surface area contributed by atoms with Gasteiger partial charge in [0.25, 0.3) is 0 Å². The predicted octanol–water partition coefficient (Wildman–Crippen LogP) is 0.520. The molecule has 0 radical (unpaired) electrons. The molecule has 2 fully saturated rings. The Bertz CT molecular complexity index is 243. The van der Waals surface area contributed by atoms with Crippen LogP contribution in [0.1, 0.15) is 26.2 Å². The number of ether oxygens (including phenoxy) is 1. The van der Waals surface area contributed by atoms with Crippen LogP contribution in [-0.4, -0.2) is 67.8 Å². The molecule has 0 saturated carbocycles. The second-order valence-electron chi connectivity index (χ2n) is 5.59. The minimum Gasteiger partial charge on any atom is -0.377 e. The van der Waals surface area contributed by atoms with E-state index in [0.717, 1.165) is 32.8 Å². The lowest BCUT2D eigenvalue weighted by Gasteiger charge is -2.41. The maximum atomic E-state index is 6.07. The van der Waals surface area contributed by atoms with Crippen molar-refractivity contribution < 1.29 is 4.74 Å². The predicted molar refractivity (Wildman–Crippen MR) is 70.1 cm³/mol. The van der Waals surface area contributed by atoms with Gasteiger partial charge < -0.3 is 15.4 Å². The summed E-state index contributed by atoms with van der Waals surface area (Å²) in [5.74, 6) is 0. The quantitative estimate of drug-likeness (QED) is 0.762. The van der Waals surface area contributed by atoms with Gasteiger partial charge in [-0.15, -0.1) is 0 Å². The molecule has 0 aromatic heterocycles. The number of hydrogen-bond donors (Lipinski definition) is 1. The third-order valence-corrected chi connectivity index (χ3v) is 4.40. The first-order valence-corrected chi connectivity index (χ1v) is 6.95. The van der Waals surface area contributed by atoms with Gasteiger partial charge in [0.15, 0.2) is 0 Å². The number of likely N-dealkylation sites (tertiary alicyclic amines) is 1. The summed E-state index contributed by atoms with van der Waals surface area (Å²) in [6, 6.07) is 0. The van der Waals surface area contributed by atoms with E-state index in [9.17, 15) is 0 Å². The Morgan fingerprint density at radius 2 is 2.35 bits per heavy atom. The lowest BCUT2D eigenvalue weighted by Crippen LogP contribution is -2.57. The lowest BCUT2D eigenvalue weighted by atomic mass is 9.95. The van der Waals surface area contributed by atoms with E-state index in [1.165, 1.54) is 25.8 Å². The number of nitrogens with two attached hydrogens (primary N) is 1. The molecule has 4 nitrogen and oxygen atoms in total. The van der Waals surface area contributed by atoms with E-state index in [1.54, 1.807) is 0 Å². The Hall–Kier alpha value is -0.160. The molecule has 0 amide bonds. The molecule has 2 heterocycles. The Morgan fingerprint density at radius 3 is 2.82 bits per heavy atom. The van der Waals surface area contributed by atoms with E-state index < -0.39 is 0 Å². The van der Waals surface area contributed by atoms with Crippen molar-refractivity contribution in [2.75, 3.05) is 46.4 Å². The first-order chi connectivity index (χ1) is 8.20. The van der Waals surface area contributed by atoms with Gasteiger partial charge in [-0.2, -0.15) is 0 Å². The number of likely N-dealkylation sites (N-methyl/N-ethyl adjacent to an activating group) is 2. The standard InChI is InChI=1S/C13H27N3O/c1-3-16(9-12-5-4-8-17-12)13(10-14)6-7-15(2)11-13/h12H,3-11,14H2,1-2H3. The molecule has 0 bridgehead atoms. The van der Waals surface area contributed by atoms with Crippen LogP contribution in [0.2, 0.25) is 0 Å². The summed E-state index contributed by atoms with van der Waals surface area (Å²) in [5, 5.41) is 0. The first kappa shape index (κ1) is 13.3. The van der Waals surface area contributed by atoms with Crippen LogP contribution in [0.15, 0.2) is 0 Å². The fraction of sp³-hybridized carbons (Fsp3) is 1.00. The van der Waals surface area contributed by atoms with Crippen molar-refractivity contribution in [1.82, 2.24) is 9.80 Å². The average Bonchev–Trinajstić information content (AvgIpc) is 2.96.